The summed E-state index contributed by atoms with van der Waals surface area (Å²) in [7, 11) is 1.61. The van der Waals surface area contributed by atoms with Crippen LogP contribution in [0.25, 0.3) is 10.9 Å². The predicted octanol–water partition coefficient (Wildman–Crippen LogP) is 2.49. The normalized spacial score (nSPS) is 32.5. The molecule has 5 nitrogen and oxygen atoms in total. The van der Waals surface area contributed by atoms with E-state index in [0.717, 1.165) is 30.4 Å². The van der Waals surface area contributed by atoms with Crippen LogP contribution in [-0.4, -0.2) is 46.0 Å². The SMILES string of the molecule is C=CC1CN2CCC1CC2(O)C(O)c1ccnc2ccc(OC)cc12. The first kappa shape index (κ1) is 16.5. The molecule has 25 heavy (non-hydrogen) atoms. The van der Waals surface area contributed by atoms with Gasteiger partial charge in [0.05, 0.1) is 12.6 Å². The number of fused-ring (bicyclic) bond motifs is 4. The maximum Gasteiger partial charge on any atom is 0.149 e. The molecule has 1 aromatic heterocycles. The Balaban J connectivity index is 1.75. The quantitative estimate of drug-likeness (QED) is 0.837. The van der Waals surface area contributed by atoms with E-state index in [1.807, 2.05) is 29.2 Å². The molecule has 5 atom stereocenters. The summed E-state index contributed by atoms with van der Waals surface area (Å²) in [5.74, 6) is 1.46. The Bertz CT molecular complexity index is 809. The van der Waals surface area contributed by atoms with Gasteiger partial charge < -0.3 is 14.9 Å². The lowest BCUT2D eigenvalue weighted by Crippen LogP contribution is -2.63. The highest BCUT2D eigenvalue weighted by Crippen LogP contribution is 2.47. The number of hydrogen-bond donors (Lipinski definition) is 2. The Hall–Kier alpha value is -1.95. The van der Waals surface area contributed by atoms with Gasteiger partial charge in [-0.25, -0.2) is 0 Å². The number of rotatable bonds is 4. The average molecular weight is 340 g/mol. The largest absolute Gasteiger partial charge is 0.497 e. The zero-order chi connectivity index (χ0) is 17.6. The summed E-state index contributed by atoms with van der Waals surface area (Å²) in [6.07, 6.45) is 4.25. The smallest absolute Gasteiger partial charge is 0.149 e. The van der Waals surface area contributed by atoms with Gasteiger partial charge in [0.2, 0.25) is 0 Å². The summed E-state index contributed by atoms with van der Waals surface area (Å²) in [5, 5.41) is 23.3. The number of aliphatic hydroxyl groups is 2. The van der Waals surface area contributed by atoms with Gasteiger partial charge in [-0.1, -0.05) is 6.08 Å². The first-order valence-electron chi connectivity index (χ1n) is 8.77. The van der Waals surface area contributed by atoms with E-state index in [2.05, 4.69) is 11.6 Å². The van der Waals surface area contributed by atoms with Crippen LogP contribution in [0.5, 0.6) is 5.75 Å². The summed E-state index contributed by atoms with van der Waals surface area (Å²) in [5.41, 5.74) is 0.217. The molecular formula is C20H24N2O3. The number of ether oxygens (including phenoxy) is 1. The average Bonchev–Trinajstić information content (AvgIpc) is 2.66. The summed E-state index contributed by atoms with van der Waals surface area (Å²) in [6, 6.07) is 7.38. The van der Waals surface area contributed by atoms with E-state index in [9.17, 15) is 10.2 Å². The second-order valence-corrected chi connectivity index (χ2v) is 7.16. The van der Waals surface area contributed by atoms with Crippen LogP contribution >= 0.6 is 0 Å². The molecule has 4 heterocycles. The monoisotopic (exact) mass is 340 g/mol. The van der Waals surface area contributed by atoms with Gasteiger partial charge in [-0.2, -0.15) is 0 Å². The van der Waals surface area contributed by atoms with Crippen LogP contribution in [0.4, 0.5) is 0 Å². The molecule has 3 saturated heterocycles. The zero-order valence-corrected chi connectivity index (χ0v) is 14.4. The van der Waals surface area contributed by atoms with Gasteiger partial charge in [-0.05, 0) is 54.5 Å². The molecule has 0 saturated carbocycles. The van der Waals surface area contributed by atoms with Gasteiger partial charge in [0.1, 0.15) is 17.6 Å². The lowest BCUT2D eigenvalue weighted by atomic mass is 9.71. The van der Waals surface area contributed by atoms with E-state index in [1.165, 1.54) is 0 Å². The first-order valence-corrected chi connectivity index (χ1v) is 8.77. The Morgan fingerprint density at radius 1 is 1.44 bits per heavy atom. The highest BCUT2D eigenvalue weighted by Gasteiger charge is 2.52. The molecule has 2 N–H and O–H groups in total. The van der Waals surface area contributed by atoms with Crippen LogP contribution < -0.4 is 4.74 Å². The van der Waals surface area contributed by atoms with Gasteiger partial charge in [0.15, 0.2) is 0 Å². The molecule has 3 aliphatic rings. The number of aromatic nitrogens is 1. The van der Waals surface area contributed by atoms with Gasteiger partial charge >= 0.3 is 0 Å². The topological polar surface area (TPSA) is 65.8 Å². The fraction of sp³-hybridized carbons (Fsp3) is 0.450. The lowest BCUT2D eigenvalue weighted by Gasteiger charge is -2.55. The lowest BCUT2D eigenvalue weighted by molar-refractivity contribution is -0.236. The number of hydrogen-bond acceptors (Lipinski definition) is 5. The zero-order valence-electron chi connectivity index (χ0n) is 14.4. The maximum atomic E-state index is 11.4. The number of pyridine rings is 1. The first-order chi connectivity index (χ1) is 12.1. The standard InChI is InChI=1S/C20H24N2O3/c1-3-13-12-22-9-7-14(13)11-20(22,24)19(23)16-6-8-21-18-5-4-15(25-2)10-17(16)18/h3-6,8,10,13-14,19,23-24H,1,7,9,11-12H2,2H3. The van der Waals surface area contributed by atoms with Crippen LogP contribution in [0.1, 0.15) is 24.5 Å². The molecule has 1 aromatic carbocycles. The number of methoxy groups -OCH3 is 1. The molecule has 0 radical (unpaired) electrons. The third-order valence-electron chi connectivity index (χ3n) is 5.93. The molecule has 5 unspecified atom stereocenters. The Morgan fingerprint density at radius 3 is 2.96 bits per heavy atom. The summed E-state index contributed by atoms with van der Waals surface area (Å²) >= 11 is 0. The van der Waals surface area contributed by atoms with Crippen LogP contribution in [0.15, 0.2) is 43.1 Å². The minimum absolute atomic E-state index is 0.366. The van der Waals surface area contributed by atoms with E-state index in [4.69, 9.17) is 4.74 Å². The number of nitrogens with zero attached hydrogens (tertiary/aromatic N) is 2. The van der Waals surface area contributed by atoms with Crippen LogP contribution in [0, 0.1) is 11.8 Å². The number of piperidine rings is 3. The second kappa shape index (κ2) is 6.09. The van der Waals surface area contributed by atoms with E-state index < -0.39 is 11.8 Å². The van der Waals surface area contributed by atoms with Crippen LogP contribution in [0.2, 0.25) is 0 Å². The van der Waals surface area contributed by atoms with E-state index in [0.29, 0.717) is 29.6 Å². The minimum atomic E-state index is -1.25. The van der Waals surface area contributed by atoms with Crippen molar-refractivity contribution in [2.24, 2.45) is 11.8 Å². The molecule has 2 bridgehead atoms. The van der Waals surface area contributed by atoms with Crippen molar-refractivity contribution in [3.63, 3.8) is 0 Å². The minimum Gasteiger partial charge on any atom is -0.497 e. The second-order valence-electron chi connectivity index (χ2n) is 7.16. The van der Waals surface area contributed by atoms with Crippen LogP contribution in [-0.2, 0) is 0 Å². The number of benzene rings is 1. The fourth-order valence-corrected chi connectivity index (χ4v) is 4.46. The van der Waals surface area contributed by atoms with Crippen molar-refractivity contribution >= 4 is 10.9 Å². The van der Waals surface area contributed by atoms with E-state index in [-0.39, 0.29) is 0 Å². The predicted molar refractivity (Wildman–Crippen MR) is 96.2 cm³/mol. The molecule has 0 aliphatic carbocycles. The van der Waals surface area contributed by atoms with Crippen molar-refractivity contribution in [2.45, 2.75) is 24.7 Å². The maximum absolute atomic E-state index is 11.4. The molecule has 0 amide bonds. The summed E-state index contributed by atoms with van der Waals surface area (Å²) < 4.78 is 5.31. The third-order valence-corrected chi connectivity index (χ3v) is 5.93. The van der Waals surface area contributed by atoms with Crippen molar-refractivity contribution in [1.82, 2.24) is 9.88 Å². The fourth-order valence-electron chi connectivity index (χ4n) is 4.46. The van der Waals surface area contributed by atoms with E-state index >= 15 is 0 Å². The van der Waals surface area contributed by atoms with Gasteiger partial charge in [0.25, 0.3) is 0 Å². The van der Waals surface area contributed by atoms with Gasteiger partial charge in [0, 0.05) is 24.7 Å². The van der Waals surface area contributed by atoms with Crippen molar-refractivity contribution in [1.29, 1.82) is 0 Å². The van der Waals surface area contributed by atoms with Crippen molar-refractivity contribution < 1.29 is 14.9 Å². The Morgan fingerprint density at radius 2 is 2.28 bits per heavy atom. The summed E-state index contributed by atoms with van der Waals surface area (Å²) in [4.78, 5) is 6.38. The van der Waals surface area contributed by atoms with Crippen molar-refractivity contribution in [3.05, 3.63) is 48.7 Å². The molecule has 3 aliphatic heterocycles. The summed E-state index contributed by atoms with van der Waals surface area (Å²) in [6.45, 7) is 5.47. The number of aliphatic hydroxyl groups excluding tert-OH is 1. The molecule has 2 aromatic rings. The molecule has 132 valence electrons. The molecule has 5 heteroatoms. The third kappa shape index (κ3) is 2.54. The van der Waals surface area contributed by atoms with Crippen molar-refractivity contribution in [3.8, 4) is 5.75 Å². The van der Waals surface area contributed by atoms with Crippen molar-refractivity contribution in [2.75, 3.05) is 20.2 Å². The molecule has 3 fully saturated rings. The molecule has 0 spiro atoms. The Labute approximate surface area is 147 Å². The molecule has 5 rings (SSSR count). The Kier molecular flexibility index (Phi) is 4.02. The van der Waals surface area contributed by atoms with E-state index in [1.54, 1.807) is 19.4 Å². The highest BCUT2D eigenvalue weighted by atomic mass is 16.5. The van der Waals surface area contributed by atoms with Crippen LogP contribution in [0.3, 0.4) is 0 Å². The van der Waals surface area contributed by atoms with Gasteiger partial charge in [-0.3, -0.25) is 9.88 Å². The van der Waals surface area contributed by atoms with Gasteiger partial charge in [-0.15, -0.1) is 6.58 Å². The molecular weight excluding hydrogens is 316 g/mol. The highest BCUT2D eigenvalue weighted by molar-refractivity contribution is 5.84.